The first-order chi connectivity index (χ1) is 7.20. The second-order valence-corrected chi connectivity index (χ2v) is 4.66. The van der Waals surface area contributed by atoms with E-state index < -0.39 is 0 Å². The van der Waals surface area contributed by atoms with Crippen LogP contribution in [0.1, 0.15) is 25.7 Å². The van der Waals surface area contributed by atoms with Crippen LogP contribution >= 0.6 is 0 Å². The minimum atomic E-state index is 0.171. The fraction of sp³-hybridized carbons (Fsp3) is 0.909. The standard InChI is InChI=1S/C11H20N2O2/c1-12(2)11(14)13(9-3-4-9)10-5-7-15-8-6-10/h9-10H,3-8H2,1-2H3. The third-order valence-electron chi connectivity index (χ3n) is 3.13. The van der Waals surface area contributed by atoms with Crippen molar-refractivity contribution < 1.29 is 9.53 Å². The topological polar surface area (TPSA) is 32.8 Å². The summed E-state index contributed by atoms with van der Waals surface area (Å²) in [5, 5.41) is 0. The number of hydrogen-bond acceptors (Lipinski definition) is 2. The number of amides is 2. The highest BCUT2D eigenvalue weighted by atomic mass is 16.5. The van der Waals surface area contributed by atoms with Crippen molar-refractivity contribution in [3.8, 4) is 0 Å². The molecule has 1 saturated carbocycles. The fourth-order valence-corrected chi connectivity index (χ4v) is 2.16. The summed E-state index contributed by atoms with van der Waals surface area (Å²) in [5.74, 6) is 0. The van der Waals surface area contributed by atoms with Crippen LogP contribution in [0.5, 0.6) is 0 Å². The Bertz CT molecular complexity index is 233. The number of carbonyl (C=O) groups is 1. The van der Waals surface area contributed by atoms with E-state index in [0.29, 0.717) is 12.1 Å². The van der Waals surface area contributed by atoms with Crippen LogP contribution in [-0.4, -0.2) is 55.2 Å². The molecule has 1 saturated heterocycles. The molecule has 0 N–H and O–H groups in total. The van der Waals surface area contributed by atoms with Gasteiger partial charge in [0.25, 0.3) is 0 Å². The van der Waals surface area contributed by atoms with Gasteiger partial charge < -0.3 is 14.5 Å². The Morgan fingerprint density at radius 3 is 2.07 bits per heavy atom. The monoisotopic (exact) mass is 212 g/mol. The summed E-state index contributed by atoms with van der Waals surface area (Å²) < 4.78 is 5.34. The second-order valence-electron chi connectivity index (χ2n) is 4.66. The van der Waals surface area contributed by atoms with Crippen LogP contribution in [0.15, 0.2) is 0 Å². The van der Waals surface area contributed by atoms with Crippen molar-refractivity contribution in [2.75, 3.05) is 27.3 Å². The highest BCUT2D eigenvalue weighted by molar-refractivity contribution is 5.75. The lowest BCUT2D eigenvalue weighted by Crippen LogP contribution is -2.48. The predicted octanol–water partition coefficient (Wildman–Crippen LogP) is 1.31. The van der Waals surface area contributed by atoms with E-state index in [1.807, 2.05) is 14.1 Å². The molecule has 1 heterocycles. The summed E-state index contributed by atoms with van der Waals surface area (Å²) in [6, 6.07) is 1.08. The number of nitrogens with zero attached hydrogens (tertiary/aromatic N) is 2. The molecule has 0 spiro atoms. The maximum Gasteiger partial charge on any atom is 0.319 e. The summed E-state index contributed by atoms with van der Waals surface area (Å²) in [7, 11) is 3.66. The maximum atomic E-state index is 12.0. The summed E-state index contributed by atoms with van der Waals surface area (Å²) in [6.07, 6.45) is 4.35. The quantitative estimate of drug-likeness (QED) is 0.691. The molecular weight excluding hydrogens is 192 g/mol. The van der Waals surface area contributed by atoms with Crippen molar-refractivity contribution in [1.82, 2.24) is 9.80 Å². The SMILES string of the molecule is CN(C)C(=O)N(C1CCOCC1)C1CC1. The molecule has 4 nitrogen and oxygen atoms in total. The molecule has 2 fully saturated rings. The van der Waals surface area contributed by atoms with E-state index >= 15 is 0 Å². The Morgan fingerprint density at radius 1 is 1.07 bits per heavy atom. The van der Waals surface area contributed by atoms with E-state index in [2.05, 4.69) is 4.90 Å². The lowest BCUT2D eigenvalue weighted by atomic mass is 10.1. The van der Waals surface area contributed by atoms with Crippen LogP contribution in [0.25, 0.3) is 0 Å². The van der Waals surface area contributed by atoms with Gasteiger partial charge in [-0.3, -0.25) is 0 Å². The normalized spacial score (nSPS) is 22.5. The Kier molecular flexibility index (Phi) is 3.14. The summed E-state index contributed by atoms with van der Waals surface area (Å²) in [6.45, 7) is 1.60. The molecule has 0 aromatic heterocycles. The van der Waals surface area contributed by atoms with Gasteiger partial charge in [-0.2, -0.15) is 0 Å². The number of rotatable bonds is 2. The Morgan fingerprint density at radius 2 is 1.60 bits per heavy atom. The molecular formula is C11H20N2O2. The van der Waals surface area contributed by atoms with Gasteiger partial charge in [-0.05, 0) is 25.7 Å². The van der Waals surface area contributed by atoms with Crippen molar-refractivity contribution in [2.45, 2.75) is 37.8 Å². The van der Waals surface area contributed by atoms with Crippen LogP contribution in [0.4, 0.5) is 4.79 Å². The Balaban J connectivity index is 2.01. The van der Waals surface area contributed by atoms with Gasteiger partial charge in [0.05, 0.1) is 0 Å². The highest BCUT2D eigenvalue weighted by Crippen LogP contribution is 2.32. The van der Waals surface area contributed by atoms with E-state index in [0.717, 1.165) is 26.1 Å². The van der Waals surface area contributed by atoms with Crippen LogP contribution in [-0.2, 0) is 4.74 Å². The lowest BCUT2D eigenvalue weighted by Gasteiger charge is -2.36. The minimum Gasteiger partial charge on any atom is -0.381 e. The third-order valence-corrected chi connectivity index (χ3v) is 3.13. The first-order valence-corrected chi connectivity index (χ1v) is 5.77. The molecule has 2 rings (SSSR count). The zero-order chi connectivity index (χ0) is 10.8. The lowest BCUT2D eigenvalue weighted by molar-refractivity contribution is 0.0390. The maximum absolute atomic E-state index is 12.0. The zero-order valence-electron chi connectivity index (χ0n) is 9.61. The molecule has 0 aromatic rings. The number of hydrogen-bond donors (Lipinski definition) is 0. The van der Waals surface area contributed by atoms with Crippen LogP contribution < -0.4 is 0 Å². The van der Waals surface area contributed by atoms with Crippen molar-refractivity contribution in [1.29, 1.82) is 0 Å². The van der Waals surface area contributed by atoms with Crippen LogP contribution in [0.2, 0.25) is 0 Å². The van der Waals surface area contributed by atoms with E-state index in [1.165, 1.54) is 12.8 Å². The van der Waals surface area contributed by atoms with E-state index in [4.69, 9.17) is 4.74 Å². The molecule has 0 unspecified atom stereocenters. The van der Waals surface area contributed by atoms with E-state index in [1.54, 1.807) is 4.90 Å². The van der Waals surface area contributed by atoms with E-state index in [-0.39, 0.29) is 6.03 Å². The molecule has 4 heteroatoms. The van der Waals surface area contributed by atoms with Gasteiger partial charge in [0.2, 0.25) is 0 Å². The first kappa shape index (κ1) is 10.7. The van der Waals surface area contributed by atoms with Gasteiger partial charge in [0.1, 0.15) is 0 Å². The zero-order valence-corrected chi connectivity index (χ0v) is 9.61. The molecule has 2 aliphatic rings. The van der Waals surface area contributed by atoms with Gasteiger partial charge >= 0.3 is 6.03 Å². The number of carbonyl (C=O) groups excluding carboxylic acids is 1. The number of urea groups is 1. The predicted molar refractivity (Wildman–Crippen MR) is 57.8 cm³/mol. The van der Waals surface area contributed by atoms with Crippen LogP contribution in [0, 0.1) is 0 Å². The van der Waals surface area contributed by atoms with Gasteiger partial charge in [-0.15, -0.1) is 0 Å². The molecule has 1 aliphatic carbocycles. The van der Waals surface area contributed by atoms with E-state index in [9.17, 15) is 4.79 Å². The van der Waals surface area contributed by atoms with Crippen LogP contribution in [0.3, 0.4) is 0 Å². The molecule has 0 aromatic carbocycles. The molecule has 0 radical (unpaired) electrons. The first-order valence-electron chi connectivity index (χ1n) is 5.77. The highest BCUT2D eigenvalue weighted by Gasteiger charge is 2.38. The third kappa shape index (κ3) is 2.43. The summed E-state index contributed by atoms with van der Waals surface area (Å²) in [5.41, 5.74) is 0. The smallest absolute Gasteiger partial charge is 0.319 e. The molecule has 1 aliphatic heterocycles. The van der Waals surface area contributed by atoms with Crippen molar-refractivity contribution in [2.24, 2.45) is 0 Å². The summed E-state index contributed by atoms with van der Waals surface area (Å²) >= 11 is 0. The Labute approximate surface area is 91.2 Å². The average Bonchev–Trinajstić information content (AvgIpc) is 3.04. The molecule has 2 amide bonds. The van der Waals surface area contributed by atoms with Gasteiger partial charge in [-0.25, -0.2) is 4.79 Å². The molecule has 0 atom stereocenters. The van der Waals surface area contributed by atoms with Gasteiger partial charge in [0.15, 0.2) is 0 Å². The van der Waals surface area contributed by atoms with Crippen molar-refractivity contribution in [3.63, 3.8) is 0 Å². The molecule has 0 bridgehead atoms. The molecule has 86 valence electrons. The summed E-state index contributed by atoms with van der Waals surface area (Å²) in [4.78, 5) is 15.8. The average molecular weight is 212 g/mol. The second kappa shape index (κ2) is 4.39. The largest absolute Gasteiger partial charge is 0.381 e. The van der Waals surface area contributed by atoms with Crippen molar-refractivity contribution in [3.05, 3.63) is 0 Å². The molecule has 15 heavy (non-hydrogen) atoms. The Hall–Kier alpha value is -0.770. The fourth-order valence-electron chi connectivity index (χ4n) is 2.16. The van der Waals surface area contributed by atoms with Gasteiger partial charge in [-0.1, -0.05) is 0 Å². The van der Waals surface area contributed by atoms with Crippen molar-refractivity contribution >= 4 is 6.03 Å². The number of ether oxygens (including phenoxy) is 1. The minimum absolute atomic E-state index is 0.171. The van der Waals surface area contributed by atoms with Gasteiger partial charge in [0, 0.05) is 39.4 Å².